The first-order valence-electron chi connectivity index (χ1n) is 7.22. The van der Waals surface area contributed by atoms with Gasteiger partial charge in [-0.2, -0.15) is 0 Å². The third kappa shape index (κ3) is 1.39. The van der Waals surface area contributed by atoms with E-state index < -0.39 is 0 Å². The monoisotopic (exact) mass is 273 g/mol. The van der Waals surface area contributed by atoms with Gasteiger partial charge in [-0.05, 0) is 55.7 Å². The Labute approximate surface area is 116 Å². The molecule has 2 amide bonds. The van der Waals surface area contributed by atoms with Gasteiger partial charge in [0, 0.05) is 0 Å². The normalized spacial score (nSPS) is 35.0. The van der Waals surface area contributed by atoms with Crippen LogP contribution in [-0.4, -0.2) is 11.8 Å². The topological polar surface area (TPSA) is 37.4 Å². The number of hydrogen-bond donors (Lipinski definition) is 0. The Balaban J connectivity index is 1.74. The first-order chi connectivity index (χ1) is 9.58. The molecule has 1 heterocycles. The summed E-state index contributed by atoms with van der Waals surface area (Å²) in [6.45, 7) is 1.67. The fourth-order valence-electron chi connectivity index (χ4n) is 4.38. The molecule has 3 aliphatic rings. The molecule has 0 aromatic heterocycles. The van der Waals surface area contributed by atoms with Gasteiger partial charge in [-0.25, -0.2) is 9.29 Å². The number of carbonyl (C=O) groups is 2. The molecule has 0 spiro atoms. The minimum absolute atomic E-state index is 0.115. The van der Waals surface area contributed by atoms with E-state index in [1.54, 1.807) is 19.1 Å². The van der Waals surface area contributed by atoms with Crippen molar-refractivity contribution in [2.24, 2.45) is 23.7 Å². The second-order valence-corrected chi connectivity index (χ2v) is 6.33. The van der Waals surface area contributed by atoms with E-state index in [2.05, 4.69) is 0 Å². The minimum Gasteiger partial charge on any atom is -0.274 e. The SMILES string of the molecule is Cc1ccc(N2C(=O)C3C4CCC(C4)C3C2=O)cc1F. The number of aryl methyl sites for hydroxylation is 1. The molecular formula is C16H16FNO2. The highest BCUT2D eigenvalue weighted by molar-refractivity contribution is 6.22. The Hall–Kier alpha value is -1.71. The van der Waals surface area contributed by atoms with Gasteiger partial charge in [-0.1, -0.05) is 6.07 Å². The average molecular weight is 273 g/mol. The van der Waals surface area contributed by atoms with Crippen LogP contribution in [0.25, 0.3) is 0 Å². The molecule has 4 rings (SSSR count). The van der Waals surface area contributed by atoms with Crippen molar-refractivity contribution < 1.29 is 14.0 Å². The van der Waals surface area contributed by atoms with Crippen LogP contribution in [0.1, 0.15) is 24.8 Å². The second-order valence-electron chi connectivity index (χ2n) is 6.33. The van der Waals surface area contributed by atoms with Crippen molar-refractivity contribution in [1.29, 1.82) is 0 Å². The molecule has 0 radical (unpaired) electrons. The summed E-state index contributed by atoms with van der Waals surface area (Å²) in [5, 5.41) is 0. The maximum atomic E-state index is 13.7. The lowest BCUT2D eigenvalue weighted by molar-refractivity contribution is -0.123. The zero-order valence-corrected chi connectivity index (χ0v) is 11.3. The molecule has 1 aliphatic heterocycles. The van der Waals surface area contributed by atoms with Gasteiger partial charge in [-0.3, -0.25) is 9.59 Å². The lowest BCUT2D eigenvalue weighted by atomic mass is 9.81. The molecule has 104 valence electrons. The second kappa shape index (κ2) is 3.90. The highest BCUT2D eigenvalue weighted by atomic mass is 19.1. The first-order valence-corrected chi connectivity index (χ1v) is 7.22. The van der Waals surface area contributed by atoms with Crippen LogP contribution < -0.4 is 4.90 Å². The van der Waals surface area contributed by atoms with Gasteiger partial charge in [0.15, 0.2) is 0 Å². The summed E-state index contributed by atoms with van der Waals surface area (Å²) >= 11 is 0. The molecule has 1 aromatic rings. The molecule has 1 aromatic carbocycles. The van der Waals surface area contributed by atoms with Gasteiger partial charge < -0.3 is 0 Å². The van der Waals surface area contributed by atoms with Crippen LogP contribution in [0.2, 0.25) is 0 Å². The number of anilines is 1. The van der Waals surface area contributed by atoms with Gasteiger partial charge in [0.25, 0.3) is 0 Å². The highest BCUT2D eigenvalue weighted by Gasteiger charge is 2.61. The van der Waals surface area contributed by atoms with Crippen LogP contribution in [0, 0.1) is 36.4 Å². The first kappa shape index (κ1) is 12.1. The van der Waals surface area contributed by atoms with Gasteiger partial charge in [0.1, 0.15) is 5.82 Å². The summed E-state index contributed by atoms with van der Waals surface area (Å²) in [6, 6.07) is 4.58. The van der Waals surface area contributed by atoms with Crippen molar-refractivity contribution in [3.05, 3.63) is 29.6 Å². The summed E-state index contributed by atoms with van der Waals surface area (Å²) < 4.78 is 13.7. The molecule has 1 saturated heterocycles. The maximum absolute atomic E-state index is 13.7. The molecule has 2 bridgehead atoms. The van der Waals surface area contributed by atoms with E-state index >= 15 is 0 Å². The molecule has 3 nitrogen and oxygen atoms in total. The van der Waals surface area contributed by atoms with Gasteiger partial charge in [0.2, 0.25) is 11.8 Å². The molecule has 4 heteroatoms. The third-order valence-corrected chi connectivity index (χ3v) is 5.34. The lowest BCUT2D eigenvalue weighted by Crippen LogP contribution is -2.32. The fourth-order valence-corrected chi connectivity index (χ4v) is 4.38. The molecule has 20 heavy (non-hydrogen) atoms. The van der Waals surface area contributed by atoms with Crippen molar-refractivity contribution in [2.75, 3.05) is 4.90 Å². The Morgan fingerprint density at radius 1 is 1.10 bits per heavy atom. The third-order valence-electron chi connectivity index (χ3n) is 5.34. The predicted octanol–water partition coefficient (Wildman–Crippen LogP) is 2.67. The van der Waals surface area contributed by atoms with E-state index in [1.807, 2.05) is 0 Å². The van der Waals surface area contributed by atoms with E-state index in [1.165, 1.54) is 11.0 Å². The number of rotatable bonds is 1. The van der Waals surface area contributed by atoms with Crippen LogP contribution in [0.15, 0.2) is 18.2 Å². The largest absolute Gasteiger partial charge is 0.274 e. The van der Waals surface area contributed by atoms with Gasteiger partial charge in [0.05, 0.1) is 17.5 Å². The number of amides is 2. The number of halogens is 1. The van der Waals surface area contributed by atoms with E-state index in [0.717, 1.165) is 19.3 Å². The van der Waals surface area contributed by atoms with E-state index in [4.69, 9.17) is 0 Å². The van der Waals surface area contributed by atoms with Gasteiger partial charge in [-0.15, -0.1) is 0 Å². The van der Waals surface area contributed by atoms with E-state index in [0.29, 0.717) is 23.1 Å². The summed E-state index contributed by atoms with van der Waals surface area (Å²) in [4.78, 5) is 26.4. The molecule has 3 fully saturated rings. The maximum Gasteiger partial charge on any atom is 0.237 e. The quantitative estimate of drug-likeness (QED) is 0.738. The van der Waals surface area contributed by atoms with Crippen LogP contribution in [0.5, 0.6) is 0 Å². The Morgan fingerprint density at radius 3 is 2.25 bits per heavy atom. The molecule has 4 unspecified atom stereocenters. The smallest absolute Gasteiger partial charge is 0.237 e. The fraction of sp³-hybridized carbons (Fsp3) is 0.500. The van der Waals surface area contributed by atoms with Gasteiger partial charge >= 0.3 is 0 Å². The van der Waals surface area contributed by atoms with Crippen LogP contribution in [-0.2, 0) is 9.59 Å². The van der Waals surface area contributed by atoms with Crippen LogP contribution in [0.3, 0.4) is 0 Å². The van der Waals surface area contributed by atoms with Crippen molar-refractivity contribution in [2.45, 2.75) is 26.2 Å². The lowest BCUT2D eigenvalue weighted by Gasteiger charge is -2.19. The Morgan fingerprint density at radius 2 is 1.70 bits per heavy atom. The summed E-state index contributed by atoms with van der Waals surface area (Å²) in [7, 11) is 0. The summed E-state index contributed by atoms with van der Waals surface area (Å²) in [5.74, 6) is -0.172. The Kier molecular flexibility index (Phi) is 2.35. The number of nitrogens with zero attached hydrogens (tertiary/aromatic N) is 1. The van der Waals surface area contributed by atoms with Crippen LogP contribution in [0.4, 0.5) is 10.1 Å². The number of fused-ring (bicyclic) bond motifs is 5. The number of benzene rings is 1. The minimum atomic E-state index is -0.372. The number of carbonyl (C=O) groups excluding carboxylic acids is 2. The van der Waals surface area contributed by atoms with E-state index in [-0.39, 0.29) is 29.5 Å². The summed E-state index contributed by atoms with van der Waals surface area (Å²) in [6.07, 6.45) is 3.13. The molecular weight excluding hydrogens is 257 g/mol. The molecule has 2 aliphatic carbocycles. The standard InChI is InChI=1S/C16H16FNO2/c1-8-2-5-11(7-12(8)17)18-15(19)13-9-3-4-10(6-9)14(13)16(18)20/h2,5,7,9-10,13-14H,3-4,6H2,1H3. The zero-order chi connectivity index (χ0) is 14.0. The van der Waals surface area contributed by atoms with Crippen molar-refractivity contribution >= 4 is 17.5 Å². The van der Waals surface area contributed by atoms with E-state index in [9.17, 15) is 14.0 Å². The molecule has 2 saturated carbocycles. The Bertz CT molecular complexity index is 599. The summed E-state index contributed by atoms with van der Waals surface area (Å²) in [5.41, 5.74) is 0.907. The highest BCUT2D eigenvalue weighted by Crippen LogP contribution is 2.56. The van der Waals surface area contributed by atoms with Crippen molar-refractivity contribution in [3.8, 4) is 0 Å². The molecule has 0 N–H and O–H groups in total. The molecule has 4 atom stereocenters. The van der Waals surface area contributed by atoms with Crippen molar-refractivity contribution in [1.82, 2.24) is 0 Å². The average Bonchev–Trinajstić information content (AvgIpc) is 3.08. The number of imide groups is 1. The number of hydrogen-bond acceptors (Lipinski definition) is 2. The zero-order valence-electron chi connectivity index (χ0n) is 11.3. The van der Waals surface area contributed by atoms with Crippen molar-refractivity contribution in [3.63, 3.8) is 0 Å². The van der Waals surface area contributed by atoms with Crippen LogP contribution >= 0.6 is 0 Å². The predicted molar refractivity (Wildman–Crippen MR) is 71.4 cm³/mol.